The Morgan fingerprint density at radius 3 is 2.70 bits per heavy atom. The van der Waals surface area contributed by atoms with Crippen molar-refractivity contribution in [3.8, 4) is 0 Å². The molecule has 0 radical (unpaired) electrons. The van der Waals surface area contributed by atoms with Crippen molar-refractivity contribution >= 4 is 23.3 Å². The highest BCUT2D eigenvalue weighted by Gasteiger charge is 2.24. The summed E-state index contributed by atoms with van der Waals surface area (Å²) in [4.78, 5) is 12.6. The zero-order valence-electron chi connectivity index (χ0n) is 11.2. The van der Waals surface area contributed by atoms with Gasteiger partial charge in [0.05, 0.1) is 6.54 Å². The van der Waals surface area contributed by atoms with Crippen molar-refractivity contribution in [2.45, 2.75) is 12.5 Å². The summed E-state index contributed by atoms with van der Waals surface area (Å²) in [6.45, 7) is 1.88. The molecule has 1 heterocycles. The number of nitrogens with one attached hydrogen (secondary N) is 1. The van der Waals surface area contributed by atoms with Crippen molar-refractivity contribution in [2.24, 2.45) is 0 Å². The van der Waals surface area contributed by atoms with Crippen LogP contribution in [0.3, 0.4) is 0 Å². The van der Waals surface area contributed by atoms with Crippen LogP contribution in [0.25, 0.3) is 6.08 Å². The summed E-state index contributed by atoms with van der Waals surface area (Å²) in [5, 5.41) is 14.9. The SMILES string of the molecule is CC(O)(CNC(=O)/C=C/c1ccccc1)c1cccs1. The number of rotatable bonds is 5. The first-order valence-electron chi connectivity index (χ1n) is 6.35. The van der Waals surface area contributed by atoms with Crippen LogP contribution in [0.2, 0.25) is 0 Å². The van der Waals surface area contributed by atoms with Crippen LogP contribution in [0.15, 0.2) is 53.9 Å². The Morgan fingerprint density at radius 2 is 2.05 bits per heavy atom. The highest BCUT2D eigenvalue weighted by atomic mass is 32.1. The van der Waals surface area contributed by atoms with Gasteiger partial charge in [-0.2, -0.15) is 0 Å². The van der Waals surface area contributed by atoms with Gasteiger partial charge in [-0.3, -0.25) is 4.79 Å². The average molecular weight is 287 g/mol. The highest BCUT2D eigenvalue weighted by molar-refractivity contribution is 7.10. The second-order valence-corrected chi connectivity index (χ2v) is 5.66. The molecule has 0 spiro atoms. The molecular formula is C16H17NO2S. The lowest BCUT2D eigenvalue weighted by atomic mass is 10.1. The van der Waals surface area contributed by atoms with Gasteiger partial charge in [-0.05, 0) is 30.0 Å². The topological polar surface area (TPSA) is 49.3 Å². The zero-order chi connectivity index (χ0) is 14.4. The molecule has 2 rings (SSSR count). The molecule has 0 aliphatic rings. The Balaban J connectivity index is 1.88. The fourth-order valence-corrected chi connectivity index (χ4v) is 2.51. The van der Waals surface area contributed by atoms with E-state index in [9.17, 15) is 9.90 Å². The maximum atomic E-state index is 11.7. The lowest BCUT2D eigenvalue weighted by Crippen LogP contribution is -2.37. The van der Waals surface area contributed by atoms with Crippen molar-refractivity contribution in [1.82, 2.24) is 5.32 Å². The summed E-state index contributed by atoms with van der Waals surface area (Å²) in [6, 6.07) is 13.3. The van der Waals surface area contributed by atoms with Gasteiger partial charge in [-0.1, -0.05) is 36.4 Å². The molecule has 3 nitrogen and oxygen atoms in total. The molecule has 2 N–H and O–H groups in total. The third kappa shape index (κ3) is 4.05. The van der Waals surface area contributed by atoms with Gasteiger partial charge in [0.2, 0.25) is 5.91 Å². The monoisotopic (exact) mass is 287 g/mol. The minimum Gasteiger partial charge on any atom is -0.383 e. The second-order valence-electron chi connectivity index (χ2n) is 4.71. The molecule has 0 aliphatic carbocycles. The third-order valence-electron chi connectivity index (χ3n) is 2.89. The van der Waals surface area contributed by atoms with E-state index in [1.807, 2.05) is 47.8 Å². The number of aliphatic hydroxyl groups is 1. The fraction of sp³-hybridized carbons (Fsp3) is 0.188. The smallest absolute Gasteiger partial charge is 0.244 e. The second kappa shape index (κ2) is 6.50. The van der Waals surface area contributed by atoms with Crippen molar-refractivity contribution in [1.29, 1.82) is 0 Å². The van der Waals surface area contributed by atoms with Crippen LogP contribution in [0, 0.1) is 0 Å². The summed E-state index contributed by atoms with van der Waals surface area (Å²) in [5.41, 5.74) is -0.0719. The van der Waals surface area contributed by atoms with E-state index in [2.05, 4.69) is 5.32 Å². The quantitative estimate of drug-likeness (QED) is 0.831. The molecule has 0 fully saturated rings. The van der Waals surface area contributed by atoms with Gasteiger partial charge in [0.15, 0.2) is 0 Å². The van der Waals surface area contributed by atoms with Gasteiger partial charge >= 0.3 is 0 Å². The molecule has 1 atom stereocenters. The molecule has 20 heavy (non-hydrogen) atoms. The predicted octanol–water partition coefficient (Wildman–Crippen LogP) is 2.79. The summed E-state index contributed by atoms with van der Waals surface area (Å²) >= 11 is 1.47. The fourth-order valence-electron chi connectivity index (χ4n) is 1.73. The van der Waals surface area contributed by atoms with E-state index in [-0.39, 0.29) is 12.5 Å². The van der Waals surface area contributed by atoms with E-state index in [0.29, 0.717) is 0 Å². The molecule has 1 aromatic carbocycles. The molecular weight excluding hydrogens is 270 g/mol. The lowest BCUT2D eigenvalue weighted by Gasteiger charge is -2.21. The van der Waals surface area contributed by atoms with E-state index in [1.54, 1.807) is 13.0 Å². The van der Waals surface area contributed by atoms with Crippen LogP contribution in [-0.4, -0.2) is 17.6 Å². The zero-order valence-corrected chi connectivity index (χ0v) is 12.1. The summed E-state index contributed by atoms with van der Waals surface area (Å²) in [7, 11) is 0. The first kappa shape index (κ1) is 14.5. The Morgan fingerprint density at radius 1 is 1.30 bits per heavy atom. The van der Waals surface area contributed by atoms with E-state index in [4.69, 9.17) is 0 Å². The normalized spacial score (nSPS) is 14.1. The number of carbonyl (C=O) groups excluding carboxylic acids is 1. The first-order chi connectivity index (χ1) is 9.58. The van der Waals surface area contributed by atoms with Gasteiger partial charge in [0.1, 0.15) is 5.60 Å². The molecule has 4 heteroatoms. The molecule has 0 saturated heterocycles. The van der Waals surface area contributed by atoms with Crippen molar-refractivity contribution in [3.05, 3.63) is 64.4 Å². The number of carbonyl (C=O) groups is 1. The van der Waals surface area contributed by atoms with Crippen LogP contribution in [-0.2, 0) is 10.4 Å². The molecule has 0 aliphatic heterocycles. The predicted molar refractivity (Wildman–Crippen MR) is 82.4 cm³/mol. The van der Waals surface area contributed by atoms with Gasteiger partial charge in [0.25, 0.3) is 0 Å². The maximum Gasteiger partial charge on any atom is 0.244 e. The van der Waals surface area contributed by atoms with Crippen LogP contribution in [0.4, 0.5) is 0 Å². The summed E-state index contributed by atoms with van der Waals surface area (Å²) in [5.74, 6) is -0.217. The Labute approximate surface area is 122 Å². The van der Waals surface area contributed by atoms with Gasteiger partial charge in [0, 0.05) is 11.0 Å². The van der Waals surface area contributed by atoms with Crippen molar-refractivity contribution < 1.29 is 9.90 Å². The van der Waals surface area contributed by atoms with Crippen molar-refractivity contribution in [3.63, 3.8) is 0 Å². The largest absolute Gasteiger partial charge is 0.383 e. The van der Waals surface area contributed by atoms with E-state index < -0.39 is 5.60 Å². The molecule has 1 aromatic heterocycles. The number of hydrogen-bond acceptors (Lipinski definition) is 3. The molecule has 2 aromatic rings. The summed E-state index contributed by atoms with van der Waals surface area (Å²) < 4.78 is 0. The van der Waals surface area contributed by atoms with Crippen LogP contribution in [0.5, 0.6) is 0 Å². The van der Waals surface area contributed by atoms with Gasteiger partial charge in [-0.15, -0.1) is 11.3 Å². The van der Waals surface area contributed by atoms with E-state index in [0.717, 1.165) is 10.4 Å². The van der Waals surface area contributed by atoms with E-state index in [1.165, 1.54) is 17.4 Å². The number of hydrogen-bond donors (Lipinski definition) is 2. The van der Waals surface area contributed by atoms with Crippen LogP contribution in [0.1, 0.15) is 17.4 Å². The van der Waals surface area contributed by atoms with Crippen LogP contribution < -0.4 is 5.32 Å². The molecule has 104 valence electrons. The highest BCUT2D eigenvalue weighted by Crippen LogP contribution is 2.24. The van der Waals surface area contributed by atoms with Gasteiger partial charge < -0.3 is 10.4 Å². The number of thiophene rings is 1. The standard InChI is InChI=1S/C16H17NO2S/c1-16(19,14-8-5-11-20-14)12-17-15(18)10-9-13-6-3-2-4-7-13/h2-11,19H,12H2,1H3,(H,17,18)/b10-9+. The Hall–Kier alpha value is -1.91. The van der Waals surface area contributed by atoms with Crippen LogP contribution >= 0.6 is 11.3 Å². The number of amides is 1. The third-order valence-corrected chi connectivity index (χ3v) is 4.01. The minimum absolute atomic E-state index is 0.186. The molecule has 1 unspecified atom stereocenters. The number of benzene rings is 1. The first-order valence-corrected chi connectivity index (χ1v) is 7.23. The van der Waals surface area contributed by atoms with Gasteiger partial charge in [-0.25, -0.2) is 0 Å². The minimum atomic E-state index is -1.04. The Bertz CT molecular complexity index is 574. The molecule has 1 amide bonds. The molecule has 0 bridgehead atoms. The maximum absolute atomic E-state index is 11.7. The molecule has 0 saturated carbocycles. The lowest BCUT2D eigenvalue weighted by molar-refractivity contribution is -0.117. The summed E-state index contributed by atoms with van der Waals surface area (Å²) in [6.07, 6.45) is 3.22. The van der Waals surface area contributed by atoms with E-state index >= 15 is 0 Å². The Kier molecular flexibility index (Phi) is 4.71. The average Bonchev–Trinajstić information content (AvgIpc) is 2.99. The van der Waals surface area contributed by atoms with Crippen molar-refractivity contribution in [2.75, 3.05) is 6.54 Å².